The van der Waals surface area contributed by atoms with Gasteiger partial charge in [-0.3, -0.25) is 9.59 Å². The van der Waals surface area contributed by atoms with E-state index >= 15 is 0 Å². The summed E-state index contributed by atoms with van der Waals surface area (Å²) in [5.74, 6) is -0.960. The molecule has 0 aromatic heterocycles. The number of hydrogen-bond donors (Lipinski definition) is 3. The number of carboxylic acid groups (broad SMARTS) is 1. The van der Waals surface area contributed by atoms with Crippen LogP contribution in [-0.2, 0) is 9.59 Å². The van der Waals surface area contributed by atoms with Gasteiger partial charge in [-0.05, 0) is 6.42 Å². The van der Waals surface area contributed by atoms with Gasteiger partial charge in [0.25, 0.3) is 0 Å². The molecule has 0 radical (unpaired) electrons. The van der Waals surface area contributed by atoms with Gasteiger partial charge in [0.15, 0.2) is 0 Å². The molecule has 1 rings (SSSR count). The van der Waals surface area contributed by atoms with Crippen molar-refractivity contribution < 1.29 is 14.7 Å². The van der Waals surface area contributed by atoms with E-state index in [0.29, 0.717) is 13.0 Å². The molecule has 0 spiro atoms. The number of hydrogen-bond acceptors (Lipinski definition) is 3. The number of amides is 1. The molecule has 1 amide bonds. The maximum Gasteiger partial charge on any atom is 0.303 e. The van der Waals surface area contributed by atoms with E-state index in [1.165, 1.54) is 0 Å². The lowest BCUT2D eigenvalue weighted by atomic mass is 10.1. The Morgan fingerprint density at radius 2 is 2.33 bits per heavy atom. The molecule has 68 valence electrons. The van der Waals surface area contributed by atoms with Crippen LogP contribution in [0, 0.1) is 0 Å². The molecule has 1 heterocycles. The van der Waals surface area contributed by atoms with Crippen molar-refractivity contribution in [1.82, 2.24) is 10.6 Å². The first-order chi connectivity index (χ1) is 5.70. The van der Waals surface area contributed by atoms with E-state index in [4.69, 9.17) is 5.11 Å². The minimum atomic E-state index is -0.866. The van der Waals surface area contributed by atoms with E-state index in [0.717, 1.165) is 6.54 Å². The van der Waals surface area contributed by atoms with Gasteiger partial charge in [0.1, 0.15) is 0 Å². The molecular formula is C7H12N2O3. The molecule has 1 fully saturated rings. The predicted molar refractivity (Wildman–Crippen MR) is 41.7 cm³/mol. The van der Waals surface area contributed by atoms with Crippen LogP contribution >= 0.6 is 0 Å². The lowest BCUT2D eigenvalue weighted by Crippen LogP contribution is -2.52. The average molecular weight is 172 g/mol. The van der Waals surface area contributed by atoms with E-state index in [-0.39, 0.29) is 18.4 Å². The van der Waals surface area contributed by atoms with Gasteiger partial charge in [-0.15, -0.1) is 0 Å². The molecule has 3 N–H and O–H groups in total. The summed E-state index contributed by atoms with van der Waals surface area (Å²) >= 11 is 0. The Kier molecular flexibility index (Phi) is 3.04. The third-order valence-electron chi connectivity index (χ3n) is 1.78. The summed E-state index contributed by atoms with van der Waals surface area (Å²) in [7, 11) is 0. The molecule has 0 aromatic carbocycles. The maximum atomic E-state index is 11.0. The molecule has 12 heavy (non-hydrogen) atoms. The second-order valence-corrected chi connectivity index (χ2v) is 2.73. The number of carbonyl (C=O) groups is 2. The van der Waals surface area contributed by atoms with Crippen LogP contribution in [0.25, 0.3) is 0 Å². The largest absolute Gasteiger partial charge is 0.481 e. The van der Waals surface area contributed by atoms with E-state index in [2.05, 4.69) is 10.6 Å². The first-order valence-corrected chi connectivity index (χ1v) is 3.93. The molecule has 0 aromatic rings. The SMILES string of the molecule is O=C(O)CC[C@@H]1NCCNC1=O. The molecule has 0 saturated carbocycles. The number of carboxylic acids is 1. The van der Waals surface area contributed by atoms with Crippen molar-refractivity contribution >= 4 is 11.9 Å². The molecule has 1 aliphatic heterocycles. The smallest absolute Gasteiger partial charge is 0.303 e. The summed E-state index contributed by atoms with van der Waals surface area (Å²) < 4.78 is 0. The second kappa shape index (κ2) is 4.06. The van der Waals surface area contributed by atoms with E-state index < -0.39 is 5.97 Å². The Labute approximate surface area is 70.1 Å². The highest BCUT2D eigenvalue weighted by Crippen LogP contribution is 1.99. The second-order valence-electron chi connectivity index (χ2n) is 2.73. The Morgan fingerprint density at radius 1 is 1.58 bits per heavy atom. The highest BCUT2D eigenvalue weighted by atomic mass is 16.4. The summed E-state index contributed by atoms with van der Waals surface area (Å²) in [6, 6.07) is -0.324. The first kappa shape index (κ1) is 8.99. The number of piperazine rings is 1. The molecule has 0 unspecified atom stereocenters. The van der Waals surface area contributed by atoms with E-state index in [1.807, 2.05) is 0 Å². The fraction of sp³-hybridized carbons (Fsp3) is 0.714. The minimum Gasteiger partial charge on any atom is -0.481 e. The third kappa shape index (κ3) is 2.50. The normalized spacial score (nSPS) is 23.3. The van der Waals surface area contributed by atoms with Crippen LogP contribution in [0.1, 0.15) is 12.8 Å². The average Bonchev–Trinajstić information content (AvgIpc) is 2.03. The van der Waals surface area contributed by atoms with Gasteiger partial charge in [-0.1, -0.05) is 0 Å². The highest BCUT2D eigenvalue weighted by Gasteiger charge is 2.21. The summed E-state index contributed by atoms with van der Waals surface area (Å²) in [5, 5.41) is 14.0. The molecule has 1 atom stereocenters. The Bertz CT molecular complexity index is 193. The summed E-state index contributed by atoms with van der Waals surface area (Å²) in [6.07, 6.45) is 0.395. The van der Waals surface area contributed by atoms with Gasteiger partial charge < -0.3 is 15.7 Å². The van der Waals surface area contributed by atoms with Gasteiger partial charge in [0.05, 0.1) is 6.04 Å². The number of nitrogens with one attached hydrogen (secondary N) is 2. The van der Waals surface area contributed by atoms with E-state index in [1.54, 1.807) is 0 Å². The fourth-order valence-electron chi connectivity index (χ4n) is 1.15. The summed E-state index contributed by atoms with van der Waals surface area (Å²) in [6.45, 7) is 1.35. The number of rotatable bonds is 3. The van der Waals surface area contributed by atoms with Gasteiger partial charge in [0.2, 0.25) is 5.91 Å². The molecule has 1 aliphatic rings. The van der Waals surface area contributed by atoms with Gasteiger partial charge >= 0.3 is 5.97 Å². The Balaban J connectivity index is 2.29. The topological polar surface area (TPSA) is 78.4 Å². The zero-order valence-electron chi connectivity index (χ0n) is 6.67. The van der Waals surface area contributed by atoms with Crippen molar-refractivity contribution in [2.45, 2.75) is 18.9 Å². The molecule has 5 heteroatoms. The fourth-order valence-corrected chi connectivity index (χ4v) is 1.15. The number of carbonyl (C=O) groups excluding carboxylic acids is 1. The van der Waals surface area contributed by atoms with Crippen LogP contribution in [-0.4, -0.2) is 36.1 Å². The van der Waals surface area contributed by atoms with Crippen molar-refractivity contribution in [2.24, 2.45) is 0 Å². The molecule has 5 nitrogen and oxygen atoms in total. The Morgan fingerprint density at radius 3 is 2.92 bits per heavy atom. The van der Waals surface area contributed by atoms with E-state index in [9.17, 15) is 9.59 Å². The van der Waals surface area contributed by atoms with Crippen LogP contribution in [0.4, 0.5) is 0 Å². The van der Waals surface area contributed by atoms with Crippen LogP contribution in [0.3, 0.4) is 0 Å². The maximum absolute atomic E-state index is 11.0. The number of aliphatic carboxylic acids is 1. The van der Waals surface area contributed by atoms with Gasteiger partial charge in [-0.2, -0.15) is 0 Å². The predicted octanol–water partition coefficient (Wildman–Crippen LogP) is -1.06. The summed E-state index contributed by atoms with van der Waals surface area (Å²) in [5.41, 5.74) is 0. The quantitative estimate of drug-likeness (QED) is 0.507. The first-order valence-electron chi connectivity index (χ1n) is 3.93. The standard InChI is InChI=1S/C7H12N2O3/c10-6(11)2-1-5-7(12)9-4-3-8-5/h5,8H,1-4H2,(H,9,12)(H,10,11)/t5-/m0/s1. The Hall–Kier alpha value is -1.10. The van der Waals surface area contributed by atoms with Crippen LogP contribution in [0.2, 0.25) is 0 Å². The van der Waals surface area contributed by atoms with Crippen LogP contribution < -0.4 is 10.6 Å². The third-order valence-corrected chi connectivity index (χ3v) is 1.78. The van der Waals surface area contributed by atoms with Gasteiger partial charge in [0, 0.05) is 19.5 Å². The minimum absolute atomic E-state index is 0.0328. The summed E-state index contributed by atoms with van der Waals surface area (Å²) in [4.78, 5) is 21.2. The molecule has 0 bridgehead atoms. The van der Waals surface area contributed by atoms with Crippen LogP contribution in [0.15, 0.2) is 0 Å². The lowest BCUT2D eigenvalue weighted by molar-refractivity contribution is -0.137. The molecular weight excluding hydrogens is 160 g/mol. The van der Waals surface area contributed by atoms with Crippen molar-refractivity contribution in [3.8, 4) is 0 Å². The van der Waals surface area contributed by atoms with Crippen molar-refractivity contribution in [3.05, 3.63) is 0 Å². The highest BCUT2D eigenvalue weighted by molar-refractivity contribution is 5.83. The van der Waals surface area contributed by atoms with Gasteiger partial charge in [-0.25, -0.2) is 0 Å². The van der Waals surface area contributed by atoms with Crippen LogP contribution in [0.5, 0.6) is 0 Å². The van der Waals surface area contributed by atoms with Crippen molar-refractivity contribution in [2.75, 3.05) is 13.1 Å². The lowest BCUT2D eigenvalue weighted by Gasteiger charge is -2.22. The monoisotopic (exact) mass is 172 g/mol. The zero-order chi connectivity index (χ0) is 8.97. The van der Waals surface area contributed by atoms with Crippen molar-refractivity contribution in [3.63, 3.8) is 0 Å². The molecule has 0 aliphatic carbocycles. The van der Waals surface area contributed by atoms with Crippen molar-refractivity contribution in [1.29, 1.82) is 0 Å². The zero-order valence-corrected chi connectivity index (χ0v) is 6.67. The molecule has 1 saturated heterocycles.